The minimum Gasteiger partial charge on any atom is -0.361 e. The van der Waals surface area contributed by atoms with Crippen LogP contribution in [-0.2, 0) is 13.5 Å². The number of nitrogens with one attached hydrogen (secondary N) is 2. The molecular weight excluding hydrogens is 348 g/mol. The molecule has 0 bridgehead atoms. The molecule has 0 unspecified atom stereocenters. The summed E-state index contributed by atoms with van der Waals surface area (Å²) < 4.78 is 1.62. The largest absolute Gasteiger partial charge is 0.361 e. The molecular formula is C23H24N4O. The highest BCUT2D eigenvalue weighted by Gasteiger charge is 2.10. The third kappa shape index (κ3) is 3.83. The second kappa shape index (κ2) is 7.72. The average molecular weight is 372 g/mol. The summed E-state index contributed by atoms with van der Waals surface area (Å²) in [4.78, 5) is 15.4. The van der Waals surface area contributed by atoms with Crippen LogP contribution in [0.3, 0.4) is 0 Å². The molecule has 5 nitrogen and oxygen atoms in total. The molecule has 0 atom stereocenters. The summed E-state index contributed by atoms with van der Waals surface area (Å²) in [7, 11) is 1.79. The van der Waals surface area contributed by atoms with E-state index in [4.69, 9.17) is 0 Å². The average Bonchev–Trinajstić information content (AvgIpc) is 3.30. The fourth-order valence-corrected chi connectivity index (χ4v) is 3.50. The number of carbonyl (C=O) groups is 1. The number of H-pyrrole nitrogens is 1. The molecule has 2 aromatic carbocycles. The highest BCUT2D eigenvalue weighted by Crippen LogP contribution is 2.24. The maximum Gasteiger partial charge on any atom is 0.269 e. The van der Waals surface area contributed by atoms with E-state index in [1.807, 2.05) is 13.1 Å². The van der Waals surface area contributed by atoms with Gasteiger partial charge in [-0.05, 0) is 66.1 Å². The van der Waals surface area contributed by atoms with Crippen LogP contribution in [0.5, 0.6) is 0 Å². The number of benzene rings is 2. The first-order valence-corrected chi connectivity index (χ1v) is 9.55. The van der Waals surface area contributed by atoms with Crippen LogP contribution in [0.1, 0.15) is 28.2 Å². The fourth-order valence-electron chi connectivity index (χ4n) is 3.50. The number of carbonyl (C=O) groups excluding carboxylic acids is 1. The SMILES string of the molecule is Cc1cc(C(=O)NCCCc2ccc(-c3ccc4[nH]ccc4c3)cc2)n(C)n1. The highest BCUT2D eigenvalue weighted by molar-refractivity contribution is 5.92. The number of hydrogen-bond acceptors (Lipinski definition) is 2. The van der Waals surface area contributed by atoms with Gasteiger partial charge in [0.2, 0.25) is 0 Å². The second-order valence-corrected chi connectivity index (χ2v) is 7.13. The van der Waals surface area contributed by atoms with E-state index in [0.29, 0.717) is 12.2 Å². The Labute approximate surface area is 164 Å². The van der Waals surface area contributed by atoms with Crippen LogP contribution in [0.2, 0.25) is 0 Å². The van der Waals surface area contributed by atoms with Crippen LogP contribution in [0.15, 0.2) is 60.8 Å². The predicted octanol–water partition coefficient (Wildman–Crippen LogP) is 4.24. The van der Waals surface area contributed by atoms with Gasteiger partial charge in [-0.25, -0.2) is 0 Å². The number of nitrogens with zero attached hydrogens (tertiary/aromatic N) is 2. The fraction of sp³-hybridized carbons (Fsp3) is 0.217. The number of aryl methyl sites for hydroxylation is 3. The summed E-state index contributed by atoms with van der Waals surface area (Å²) in [5, 5.41) is 8.40. The first kappa shape index (κ1) is 18.0. The van der Waals surface area contributed by atoms with E-state index < -0.39 is 0 Å². The van der Waals surface area contributed by atoms with Gasteiger partial charge in [0.1, 0.15) is 5.69 Å². The number of aromatic amines is 1. The van der Waals surface area contributed by atoms with E-state index >= 15 is 0 Å². The Morgan fingerprint density at radius 1 is 1.07 bits per heavy atom. The van der Waals surface area contributed by atoms with E-state index in [2.05, 4.69) is 63.9 Å². The summed E-state index contributed by atoms with van der Waals surface area (Å²) in [5.74, 6) is -0.0707. The zero-order valence-corrected chi connectivity index (χ0v) is 16.2. The van der Waals surface area contributed by atoms with Crippen molar-refractivity contribution in [1.29, 1.82) is 0 Å². The van der Waals surface area contributed by atoms with Crippen LogP contribution in [-0.4, -0.2) is 27.2 Å². The van der Waals surface area contributed by atoms with Crippen molar-refractivity contribution >= 4 is 16.8 Å². The molecule has 0 fully saturated rings. The van der Waals surface area contributed by atoms with Crippen LogP contribution in [0.25, 0.3) is 22.0 Å². The highest BCUT2D eigenvalue weighted by atomic mass is 16.2. The number of amides is 1. The van der Waals surface area contributed by atoms with E-state index in [9.17, 15) is 4.79 Å². The molecule has 4 rings (SSSR count). The molecule has 0 saturated heterocycles. The minimum absolute atomic E-state index is 0.0707. The third-order valence-corrected chi connectivity index (χ3v) is 5.00. The molecule has 4 aromatic rings. The number of rotatable bonds is 6. The van der Waals surface area contributed by atoms with E-state index in [-0.39, 0.29) is 5.91 Å². The van der Waals surface area contributed by atoms with Gasteiger partial charge in [-0.2, -0.15) is 5.10 Å². The van der Waals surface area contributed by atoms with Crippen LogP contribution < -0.4 is 5.32 Å². The Morgan fingerprint density at radius 3 is 2.61 bits per heavy atom. The first-order valence-electron chi connectivity index (χ1n) is 9.55. The van der Waals surface area contributed by atoms with Crippen molar-refractivity contribution in [2.45, 2.75) is 19.8 Å². The van der Waals surface area contributed by atoms with E-state index in [0.717, 1.165) is 24.1 Å². The lowest BCUT2D eigenvalue weighted by molar-refractivity contribution is 0.0944. The van der Waals surface area contributed by atoms with Gasteiger partial charge in [0.15, 0.2) is 0 Å². The Balaban J connectivity index is 1.31. The zero-order valence-electron chi connectivity index (χ0n) is 16.2. The first-order chi connectivity index (χ1) is 13.6. The van der Waals surface area contributed by atoms with Crippen molar-refractivity contribution in [3.05, 3.63) is 77.7 Å². The maximum absolute atomic E-state index is 12.2. The summed E-state index contributed by atoms with van der Waals surface area (Å²) in [6, 6.07) is 19.0. The van der Waals surface area contributed by atoms with Crippen LogP contribution >= 0.6 is 0 Å². The molecule has 2 N–H and O–H groups in total. The second-order valence-electron chi connectivity index (χ2n) is 7.13. The van der Waals surface area contributed by atoms with Crippen molar-refractivity contribution in [2.75, 3.05) is 6.54 Å². The van der Waals surface area contributed by atoms with Gasteiger partial charge in [0.25, 0.3) is 5.91 Å². The van der Waals surface area contributed by atoms with Crippen molar-refractivity contribution in [2.24, 2.45) is 7.05 Å². The lowest BCUT2D eigenvalue weighted by Crippen LogP contribution is -2.26. The van der Waals surface area contributed by atoms with Crippen LogP contribution in [0.4, 0.5) is 0 Å². The van der Waals surface area contributed by atoms with Gasteiger partial charge in [-0.1, -0.05) is 30.3 Å². The van der Waals surface area contributed by atoms with Gasteiger partial charge in [-0.3, -0.25) is 9.48 Å². The monoisotopic (exact) mass is 372 g/mol. The quantitative estimate of drug-likeness (QED) is 0.497. The van der Waals surface area contributed by atoms with Crippen molar-refractivity contribution in [3.63, 3.8) is 0 Å². The maximum atomic E-state index is 12.2. The summed E-state index contributed by atoms with van der Waals surface area (Å²) in [6.07, 6.45) is 3.80. The molecule has 0 aliphatic heterocycles. The Bertz CT molecular complexity index is 1110. The van der Waals surface area contributed by atoms with Crippen molar-refractivity contribution in [1.82, 2.24) is 20.1 Å². The number of hydrogen-bond donors (Lipinski definition) is 2. The Kier molecular flexibility index (Phi) is 4.98. The molecule has 0 spiro atoms. The topological polar surface area (TPSA) is 62.7 Å². The van der Waals surface area contributed by atoms with E-state index in [1.54, 1.807) is 17.8 Å². The number of aromatic nitrogens is 3. The van der Waals surface area contributed by atoms with Gasteiger partial charge in [0.05, 0.1) is 5.69 Å². The molecule has 1 amide bonds. The third-order valence-electron chi connectivity index (χ3n) is 5.00. The Hall–Kier alpha value is -3.34. The summed E-state index contributed by atoms with van der Waals surface area (Å²) >= 11 is 0. The zero-order chi connectivity index (χ0) is 19.5. The van der Waals surface area contributed by atoms with E-state index in [1.165, 1.54) is 22.1 Å². The predicted molar refractivity (Wildman–Crippen MR) is 112 cm³/mol. The van der Waals surface area contributed by atoms with Crippen LogP contribution in [0, 0.1) is 6.92 Å². The Morgan fingerprint density at radius 2 is 1.86 bits per heavy atom. The lowest BCUT2D eigenvalue weighted by Gasteiger charge is -2.07. The molecule has 5 heteroatoms. The van der Waals surface area contributed by atoms with Gasteiger partial charge in [-0.15, -0.1) is 0 Å². The normalized spacial score (nSPS) is 11.1. The summed E-state index contributed by atoms with van der Waals surface area (Å²) in [6.45, 7) is 2.53. The standard InChI is InChI=1S/C23H24N4O/c1-16-14-22(27(2)26-16)23(28)25-12-3-4-17-5-7-18(8-6-17)19-9-10-21-20(15-19)11-13-24-21/h5-11,13-15,24H,3-4,12H2,1-2H3,(H,25,28). The molecule has 0 aliphatic carbocycles. The molecule has 28 heavy (non-hydrogen) atoms. The molecule has 0 aliphatic rings. The van der Waals surface area contributed by atoms with Gasteiger partial charge < -0.3 is 10.3 Å². The summed E-state index contributed by atoms with van der Waals surface area (Å²) in [5.41, 5.74) is 6.31. The lowest BCUT2D eigenvalue weighted by atomic mass is 10.0. The molecule has 0 saturated carbocycles. The molecule has 0 radical (unpaired) electrons. The molecule has 2 heterocycles. The molecule has 142 valence electrons. The number of fused-ring (bicyclic) bond motifs is 1. The smallest absolute Gasteiger partial charge is 0.269 e. The molecule has 2 aromatic heterocycles. The van der Waals surface area contributed by atoms with Crippen molar-refractivity contribution < 1.29 is 4.79 Å². The van der Waals surface area contributed by atoms with Crippen molar-refractivity contribution in [3.8, 4) is 11.1 Å². The van der Waals surface area contributed by atoms with Gasteiger partial charge >= 0.3 is 0 Å². The minimum atomic E-state index is -0.0707. The van der Waals surface area contributed by atoms with Gasteiger partial charge in [0, 0.05) is 25.3 Å².